The van der Waals surface area contributed by atoms with Crippen molar-refractivity contribution < 1.29 is 4.39 Å². The van der Waals surface area contributed by atoms with Gasteiger partial charge in [-0.05, 0) is 30.8 Å². The Morgan fingerprint density at radius 1 is 1.44 bits per heavy atom. The zero-order valence-electron chi connectivity index (χ0n) is 10.2. The molecular weight excluding hydrogens is 299 g/mol. The maximum absolute atomic E-state index is 13.4. The van der Waals surface area contributed by atoms with E-state index >= 15 is 0 Å². The fraction of sp³-hybridized carbons (Fsp3) is 0.333. The summed E-state index contributed by atoms with van der Waals surface area (Å²) in [5, 5.41) is 11.1. The lowest BCUT2D eigenvalue weighted by Crippen LogP contribution is -2.19. The molecule has 1 heterocycles. The van der Waals surface area contributed by atoms with E-state index in [0.717, 1.165) is 15.7 Å². The number of rotatable bonds is 4. The number of aromatic nitrogens is 3. The van der Waals surface area contributed by atoms with Crippen LogP contribution in [0.15, 0.2) is 28.9 Å². The maximum Gasteiger partial charge on any atom is 0.124 e. The molecule has 1 unspecified atom stereocenters. The monoisotopic (exact) mass is 312 g/mol. The van der Waals surface area contributed by atoms with E-state index in [1.807, 2.05) is 26.4 Å². The molecule has 0 saturated carbocycles. The summed E-state index contributed by atoms with van der Waals surface area (Å²) in [6.07, 6.45) is 2.53. The fourth-order valence-corrected chi connectivity index (χ4v) is 2.34. The van der Waals surface area contributed by atoms with Crippen molar-refractivity contribution in [1.29, 1.82) is 0 Å². The summed E-state index contributed by atoms with van der Waals surface area (Å²) < 4.78 is 15.8. The van der Waals surface area contributed by atoms with E-state index in [2.05, 4.69) is 31.6 Å². The number of halogens is 2. The van der Waals surface area contributed by atoms with Gasteiger partial charge in [0.1, 0.15) is 5.82 Å². The Balaban J connectivity index is 2.22. The molecule has 96 valence electrons. The number of hydrogen-bond donors (Lipinski definition) is 1. The van der Waals surface area contributed by atoms with Gasteiger partial charge in [0, 0.05) is 30.2 Å². The first-order valence-corrected chi connectivity index (χ1v) is 6.36. The van der Waals surface area contributed by atoms with Gasteiger partial charge in [0.2, 0.25) is 0 Å². The summed E-state index contributed by atoms with van der Waals surface area (Å²) in [7, 11) is 3.67. The standard InChI is InChI=1S/C12H14BrFN4/c1-15-12(6-11-7-18(2)17-16-11)8-3-9(13)5-10(14)4-8/h3-5,7,12,15H,6H2,1-2H3. The lowest BCUT2D eigenvalue weighted by Gasteiger charge is -2.15. The first-order valence-electron chi connectivity index (χ1n) is 5.57. The molecule has 0 amide bonds. The number of benzene rings is 1. The van der Waals surface area contributed by atoms with Gasteiger partial charge in [0.15, 0.2) is 0 Å². The van der Waals surface area contributed by atoms with Gasteiger partial charge >= 0.3 is 0 Å². The second kappa shape index (κ2) is 5.58. The lowest BCUT2D eigenvalue weighted by atomic mass is 10.0. The van der Waals surface area contributed by atoms with E-state index in [9.17, 15) is 4.39 Å². The minimum atomic E-state index is -0.251. The Labute approximate surface area is 113 Å². The number of likely N-dealkylation sites (N-methyl/N-ethyl adjacent to an activating group) is 1. The van der Waals surface area contributed by atoms with Gasteiger partial charge < -0.3 is 5.32 Å². The summed E-state index contributed by atoms with van der Waals surface area (Å²) in [4.78, 5) is 0. The van der Waals surface area contributed by atoms with Crippen LogP contribution < -0.4 is 5.32 Å². The molecule has 0 bridgehead atoms. The zero-order valence-corrected chi connectivity index (χ0v) is 11.8. The maximum atomic E-state index is 13.4. The highest BCUT2D eigenvalue weighted by atomic mass is 79.9. The molecule has 1 aromatic carbocycles. The van der Waals surface area contributed by atoms with Crippen molar-refractivity contribution in [3.8, 4) is 0 Å². The van der Waals surface area contributed by atoms with Crippen LogP contribution >= 0.6 is 15.9 Å². The molecule has 0 saturated heterocycles. The molecule has 18 heavy (non-hydrogen) atoms. The molecule has 0 aliphatic rings. The number of aryl methyl sites for hydroxylation is 1. The van der Waals surface area contributed by atoms with Crippen LogP contribution in [0.3, 0.4) is 0 Å². The Kier molecular flexibility index (Phi) is 4.08. The molecule has 0 radical (unpaired) electrons. The van der Waals surface area contributed by atoms with Gasteiger partial charge in [-0.3, -0.25) is 4.68 Å². The number of nitrogens with zero attached hydrogens (tertiary/aromatic N) is 3. The first-order chi connectivity index (χ1) is 8.58. The molecule has 4 nitrogen and oxygen atoms in total. The average Bonchev–Trinajstić information content (AvgIpc) is 2.70. The van der Waals surface area contributed by atoms with E-state index in [4.69, 9.17) is 0 Å². The molecule has 0 fully saturated rings. The summed E-state index contributed by atoms with van der Waals surface area (Å²) >= 11 is 3.30. The predicted molar refractivity (Wildman–Crippen MR) is 70.6 cm³/mol. The van der Waals surface area contributed by atoms with Gasteiger partial charge in [0.25, 0.3) is 0 Å². The Bertz CT molecular complexity index is 520. The van der Waals surface area contributed by atoms with Crippen molar-refractivity contribution in [3.63, 3.8) is 0 Å². The van der Waals surface area contributed by atoms with Crippen molar-refractivity contribution in [3.05, 3.63) is 45.9 Å². The molecule has 0 aliphatic carbocycles. The second-order valence-corrected chi connectivity index (χ2v) is 5.05. The molecule has 0 spiro atoms. The van der Waals surface area contributed by atoms with E-state index in [1.165, 1.54) is 12.1 Å². The summed E-state index contributed by atoms with van der Waals surface area (Å²) in [6, 6.07) is 4.88. The van der Waals surface area contributed by atoms with Gasteiger partial charge in [-0.1, -0.05) is 21.1 Å². The normalized spacial score (nSPS) is 12.7. The van der Waals surface area contributed by atoms with Crippen LogP contribution in [0.4, 0.5) is 4.39 Å². The van der Waals surface area contributed by atoms with E-state index in [1.54, 1.807) is 4.68 Å². The third kappa shape index (κ3) is 3.14. The highest BCUT2D eigenvalue weighted by Crippen LogP contribution is 2.22. The summed E-state index contributed by atoms with van der Waals surface area (Å²) in [6.45, 7) is 0. The summed E-state index contributed by atoms with van der Waals surface area (Å²) in [5.41, 5.74) is 1.76. The first kappa shape index (κ1) is 13.2. The quantitative estimate of drug-likeness (QED) is 0.941. The highest BCUT2D eigenvalue weighted by Gasteiger charge is 2.13. The fourth-order valence-electron chi connectivity index (χ4n) is 1.86. The summed E-state index contributed by atoms with van der Waals surface area (Å²) in [5.74, 6) is -0.251. The van der Waals surface area contributed by atoms with Gasteiger partial charge in [0.05, 0.1) is 5.69 Å². The van der Waals surface area contributed by atoms with E-state index in [-0.39, 0.29) is 11.9 Å². The number of hydrogen-bond acceptors (Lipinski definition) is 3. The zero-order chi connectivity index (χ0) is 13.1. The minimum absolute atomic E-state index is 0.00806. The molecule has 1 aromatic heterocycles. The van der Waals surface area contributed by atoms with Crippen LogP contribution in [-0.2, 0) is 13.5 Å². The molecule has 2 aromatic rings. The molecule has 0 aliphatic heterocycles. The smallest absolute Gasteiger partial charge is 0.124 e. The van der Waals surface area contributed by atoms with Crippen LogP contribution in [0.1, 0.15) is 17.3 Å². The van der Waals surface area contributed by atoms with Crippen molar-refractivity contribution >= 4 is 15.9 Å². The minimum Gasteiger partial charge on any atom is -0.313 e. The SMILES string of the molecule is CNC(Cc1cn(C)nn1)c1cc(F)cc(Br)c1. The van der Waals surface area contributed by atoms with Crippen LogP contribution in [0.2, 0.25) is 0 Å². The molecule has 1 N–H and O–H groups in total. The third-order valence-corrected chi connectivity index (χ3v) is 3.16. The van der Waals surface area contributed by atoms with Gasteiger partial charge in [-0.25, -0.2) is 4.39 Å². The van der Waals surface area contributed by atoms with Crippen LogP contribution in [0.25, 0.3) is 0 Å². The Morgan fingerprint density at radius 3 is 2.78 bits per heavy atom. The van der Waals surface area contributed by atoms with Crippen LogP contribution in [0.5, 0.6) is 0 Å². The van der Waals surface area contributed by atoms with Crippen molar-refractivity contribution in [1.82, 2.24) is 20.3 Å². The topological polar surface area (TPSA) is 42.7 Å². The molecule has 2 rings (SSSR count). The third-order valence-electron chi connectivity index (χ3n) is 2.70. The van der Waals surface area contributed by atoms with Crippen molar-refractivity contribution in [2.24, 2.45) is 7.05 Å². The van der Waals surface area contributed by atoms with Gasteiger partial charge in [-0.2, -0.15) is 0 Å². The van der Waals surface area contributed by atoms with E-state index < -0.39 is 0 Å². The molecular formula is C12H14BrFN4. The molecule has 1 atom stereocenters. The predicted octanol–water partition coefficient (Wildman–Crippen LogP) is 2.22. The second-order valence-electron chi connectivity index (χ2n) is 4.13. The van der Waals surface area contributed by atoms with Crippen LogP contribution in [0, 0.1) is 5.82 Å². The highest BCUT2D eigenvalue weighted by molar-refractivity contribution is 9.10. The molecule has 6 heteroatoms. The van der Waals surface area contributed by atoms with Crippen molar-refractivity contribution in [2.75, 3.05) is 7.05 Å². The van der Waals surface area contributed by atoms with Crippen LogP contribution in [-0.4, -0.2) is 22.0 Å². The van der Waals surface area contributed by atoms with E-state index in [0.29, 0.717) is 6.42 Å². The van der Waals surface area contributed by atoms with Gasteiger partial charge in [-0.15, -0.1) is 5.10 Å². The Morgan fingerprint density at radius 2 is 2.22 bits per heavy atom. The van der Waals surface area contributed by atoms with Crippen molar-refractivity contribution in [2.45, 2.75) is 12.5 Å². The lowest BCUT2D eigenvalue weighted by molar-refractivity contribution is 0.570. The largest absolute Gasteiger partial charge is 0.313 e. The average molecular weight is 313 g/mol. The number of nitrogens with one attached hydrogen (secondary N) is 1. The Hall–Kier alpha value is -1.27.